The fourth-order valence-corrected chi connectivity index (χ4v) is 5.61. The Hall–Kier alpha value is -4.19. The van der Waals surface area contributed by atoms with Crippen LogP contribution in [0.5, 0.6) is 0 Å². The first kappa shape index (κ1) is 28.9. The normalized spacial score (nSPS) is 16.4. The summed E-state index contributed by atoms with van der Waals surface area (Å²) in [6.07, 6.45) is -0.450. The lowest BCUT2D eigenvalue weighted by atomic mass is 10.1. The Morgan fingerprint density at radius 3 is 2.35 bits per heavy atom. The molecular weight excluding hydrogens is 557 g/mol. The van der Waals surface area contributed by atoms with Crippen LogP contribution < -0.4 is 10.2 Å². The molecule has 4 aromatic rings. The number of nitrogens with one attached hydrogen (secondary N) is 1. The van der Waals surface area contributed by atoms with Crippen LogP contribution in [0.3, 0.4) is 0 Å². The first-order valence-electron chi connectivity index (χ1n) is 14.7. The zero-order chi connectivity index (χ0) is 30.0. The molecule has 6 rings (SSSR count). The lowest BCUT2D eigenvalue weighted by Crippen LogP contribution is -2.44. The monoisotopic (exact) mass is 592 g/mol. The molecule has 2 aromatic carbocycles. The van der Waals surface area contributed by atoms with Crippen molar-refractivity contribution in [1.29, 1.82) is 0 Å². The Kier molecular flexibility index (Phi) is 8.20. The quantitative estimate of drug-likeness (QED) is 0.281. The second-order valence-corrected chi connectivity index (χ2v) is 11.2. The van der Waals surface area contributed by atoms with Gasteiger partial charge < -0.3 is 24.6 Å². The molecule has 1 N–H and O–H groups in total. The van der Waals surface area contributed by atoms with E-state index in [-0.39, 0.29) is 5.91 Å². The topological polar surface area (TPSA) is 82.4 Å². The molecule has 43 heavy (non-hydrogen) atoms. The van der Waals surface area contributed by atoms with E-state index in [1.54, 1.807) is 6.33 Å². The largest absolute Gasteiger partial charge is 0.416 e. The first-order valence-corrected chi connectivity index (χ1v) is 14.7. The van der Waals surface area contributed by atoms with Gasteiger partial charge in [-0.2, -0.15) is 13.2 Å². The number of likely N-dealkylation sites (tertiary alicyclic amines) is 1. The lowest BCUT2D eigenvalue weighted by Gasteiger charge is -2.34. The first-order chi connectivity index (χ1) is 20.7. The van der Waals surface area contributed by atoms with Gasteiger partial charge in [0.25, 0.3) is 0 Å². The number of fused-ring (bicyclic) bond motifs is 1. The fraction of sp³-hybridized carbons (Fsp3) is 0.419. The average molecular weight is 593 g/mol. The van der Waals surface area contributed by atoms with Gasteiger partial charge in [-0.1, -0.05) is 12.1 Å². The van der Waals surface area contributed by atoms with Gasteiger partial charge in [-0.15, -0.1) is 0 Å². The van der Waals surface area contributed by atoms with E-state index in [0.717, 1.165) is 68.9 Å². The summed E-state index contributed by atoms with van der Waals surface area (Å²) in [5.74, 6) is 1.32. The van der Waals surface area contributed by atoms with E-state index < -0.39 is 11.7 Å². The maximum absolute atomic E-state index is 13.1. The Labute approximate surface area is 248 Å². The number of hydrogen-bond acceptors (Lipinski definition) is 7. The number of carbonyl (C=O) groups is 1. The SMILES string of the molecule is CN1CCN(c2ccc(-c3nc(NCCCN4CCCC4=O)c4ncn(Cc5ccc(C(F)(F)F)cc5)c4n3)cc2)CC1. The fourth-order valence-electron chi connectivity index (χ4n) is 5.61. The molecule has 2 aromatic heterocycles. The summed E-state index contributed by atoms with van der Waals surface area (Å²) in [6, 6.07) is 13.4. The van der Waals surface area contributed by atoms with Crippen LogP contribution in [0, 0.1) is 0 Å². The molecule has 2 aliphatic heterocycles. The third kappa shape index (κ3) is 6.58. The lowest BCUT2D eigenvalue weighted by molar-refractivity contribution is -0.137. The number of likely N-dealkylation sites (N-methyl/N-ethyl adjacent to an activating group) is 1. The number of benzene rings is 2. The van der Waals surface area contributed by atoms with Crippen molar-refractivity contribution in [2.45, 2.75) is 32.0 Å². The van der Waals surface area contributed by atoms with E-state index in [9.17, 15) is 18.0 Å². The number of aromatic nitrogens is 4. The number of alkyl halides is 3. The maximum atomic E-state index is 13.1. The van der Waals surface area contributed by atoms with E-state index in [4.69, 9.17) is 9.97 Å². The van der Waals surface area contributed by atoms with Crippen LogP contribution in [0.2, 0.25) is 0 Å². The van der Waals surface area contributed by atoms with Crippen molar-refractivity contribution in [3.63, 3.8) is 0 Å². The predicted molar refractivity (Wildman–Crippen MR) is 160 cm³/mol. The Bertz CT molecular complexity index is 1560. The Morgan fingerprint density at radius 2 is 1.67 bits per heavy atom. The highest BCUT2D eigenvalue weighted by Gasteiger charge is 2.30. The molecule has 4 heterocycles. The van der Waals surface area contributed by atoms with Crippen molar-refractivity contribution in [1.82, 2.24) is 29.3 Å². The molecule has 1 amide bonds. The minimum atomic E-state index is -4.38. The summed E-state index contributed by atoms with van der Waals surface area (Å²) in [6.45, 7) is 6.38. The predicted octanol–water partition coefficient (Wildman–Crippen LogP) is 4.74. The molecule has 0 atom stereocenters. The van der Waals surface area contributed by atoms with Crippen LogP contribution in [0.15, 0.2) is 54.9 Å². The molecule has 0 aliphatic carbocycles. The average Bonchev–Trinajstić information content (AvgIpc) is 3.61. The summed E-state index contributed by atoms with van der Waals surface area (Å²) in [7, 11) is 2.13. The summed E-state index contributed by atoms with van der Waals surface area (Å²) in [5.41, 5.74) is 3.20. The molecule has 0 saturated carbocycles. The van der Waals surface area contributed by atoms with Crippen LogP contribution in [0.4, 0.5) is 24.7 Å². The number of nitrogens with zero attached hydrogens (tertiary/aromatic N) is 7. The number of imidazole rings is 1. The summed E-state index contributed by atoms with van der Waals surface area (Å²) in [5, 5.41) is 3.40. The summed E-state index contributed by atoms with van der Waals surface area (Å²) in [4.78, 5) is 32.9. The van der Waals surface area contributed by atoms with E-state index in [2.05, 4.69) is 39.3 Å². The van der Waals surface area contributed by atoms with Crippen LogP contribution in [-0.4, -0.2) is 88.1 Å². The van der Waals surface area contributed by atoms with Gasteiger partial charge in [0.05, 0.1) is 18.4 Å². The van der Waals surface area contributed by atoms with Crippen molar-refractivity contribution < 1.29 is 18.0 Å². The highest BCUT2D eigenvalue weighted by Crippen LogP contribution is 2.30. The number of anilines is 2. The van der Waals surface area contributed by atoms with Crippen molar-refractivity contribution in [2.75, 3.05) is 63.1 Å². The third-order valence-electron chi connectivity index (χ3n) is 8.16. The molecule has 2 saturated heterocycles. The molecule has 226 valence electrons. The third-order valence-corrected chi connectivity index (χ3v) is 8.16. The van der Waals surface area contributed by atoms with Crippen LogP contribution in [0.25, 0.3) is 22.6 Å². The van der Waals surface area contributed by atoms with Gasteiger partial charge in [0, 0.05) is 63.5 Å². The maximum Gasteiger partial charge on any atom is 0.416 e. The van der Waals surface area contributed by atoms with Crippen molar-refractivity contribution in [3.05, 3.63) is 66.0 Å². The van der Waals surface area contributed by atoms with Gasteiger partial charge in [-0.05, 0) is 61.9 Å². The minimum Gasteiger partial charge on any atom is -0.369 e. The zero-order valence-corrected chi connectivity index (χ0v) is 24.1. The smallest absolute Gasteiger partial charge is 0.369 e. The number of amides is 1. The summed E-state index contributed by atoms with van der Waals surface area (Å²) < 4.78 is 41.0. The van der Waals surface area contributed by atoms with E-state index in [1.807, 2.05) is 21.6 Å². The standard InChI is InChI=1S/C31H35F3N8O/c1-39-16-18-40(19-17-39)25-11-7-23(8-12-25)28-37-29(35-13-3-15-41-14-2-4-26(41)43)27-30(38-28)42(21-36-27)20-22-5-9-24(10-6-22)31(32,33)34/h5-12,21H,2-4,13-20H2,1H3,(H,35,37,38). The minimum absolute atomic E-state index is 0.203. The zero-order valence-electron chi connectivity index (χ0n) is 24.1. The molecule has 0 spiro atoms. The van der Waals surface area contributed by atoms with Crippen molar-refractivity contribution >= 4 is 28.6 Å². The number of carbonyl (C=O) groups excluding carboxylic acids is 1. The van der Waals surface area contributed by atoms with Gasteiger partial charge in [-0.25, -0.2) is 15.0 Å². The summed E-state index contributed by atoms with van der Waals surface area (Å²) >= 11 is 0. The number of rotatable bonds is 9. The van der Waals surface area contributed by atoms with Gasteiger partial charge in [-0.3, -0.25) is 4.79 Å². The van der Waals surface area contributed by atoms with Crippen molar-refractivity contribution in [2.24, 2.45) is 0 Å². The highest BCUT2D eigenvalue weighted by molar-refractivity contribution is 5.85. The number of piperazine rings is 1. The molecule has 12 heteroatoms. The van der Waals surface area contributed by atoms with Crippen LogP contribution in [-0.2, 0) is 17.5 Å². The Morgan fingerprint density at radius 1 is 0.930 bits per heavy atom. The molecule has 2 aliphatic rings. The molecule has 0 bridgehead atoms. The molecule has 2 fully saturated rings. The van der Waals surface area contributed by atoms with E-state index in [1.165, 1.54) is 12.1 Å². The van der Waals surface area contributed by atoms with Crippen LogP contribution in [0.1, 0.15) is 30.4 Å². The van der Waals surface area contributed by atoms with Crippen LogP contribution >= 0.6 is 0 Å². The highest BCUT2D eigenvalue weighted by atomic mass is 19.4. The van der Waals surface area contributed by atoms with Crippen molar-refractivity contribution in [3.8, 4) is 11.4 Å². The second kappa shape index (κ2) is 12.2. The second-order valence-electron chi connectivity index (χ2n) is 11.2. The molecule has 9 nitrogen and oxygen atoms in total. The molecule has 0 unspecified atom stereocenters. The van der Waals surface area contributed by atoms with Gasteiger partial charge in [0.2, 0.25) is 5.91 Å². The number of hydrogen-bond donors (Lipinski definition) is 1. The molecular formula is C31H35F3N8O. The number of halogens is 3. The van der Waals surface area contributed by atoms with Gasteiger partial charge in [0.1, 0.15) is 5.52 Å². The van der Waals surface area contributed by atoms with E-state index >= 15 is 0 Å². The Balaban J connectivity index is 1.26. The van der Waals surface area contributed by atoms with Gasteiger partial charge in [0.15, 0.2) is 17.3 Å². The molecule has 0 radical (unpaired) electrons. The van der Waals surface area contributed by atoms with E-state index in [0.29, 0.717) is 54.4 Å². The van der Waals surface area contributed by atoms with Gasteiger partial charge >= 0.3 is 6.18 Å².